The van der Waals surface area contributed by atoms with Gasteiger partial charge >= 0.3 is 0 Å². The third kappa shape index (κ3) is 4.76. The molecule has 0 amide bonds. The van der Waals surface area contributed by atoms with E-state index in [-0.39, 0.29) is 10.8 Å². The van der Waals surface area contributed by atoms with Crippen LogP contribution in [0.3, 0.4) is 0 Å². The molecule has 0 rings (SSSR count). The Bertz CT molecular complexity index is 265. The highest BCUT2D eigenvalue weighted by Gasteiger charge is 2.35. The van der Waals surface area contributed by atoms with Gasteiger partial charge in [0.15, 0.2) is 0 Å². The summed E-state index contributed by atoms with van der Waals surface area (Å²) in [6, 6.07) is 0. The molecule has 2 radical (unpaired) electrons. The van der Waals surface area contributed by atoms with Crippen molar-refractivity contribution < 1.29 is 0 Å². The zero-order chi connectivity index (χ0) is 13.4. The van der Waals surface area contributed by atoms with Crippen LogP contribution in [0.5, 0.6) is 0 Å². The fourth-order valence-electron chi connectivity index (χ4n) is 3.55. The van der Waals surface area contributed by atoms with Crippen molar-refractivity contribution in [2.75, 3.05) is 0 Å². The molecule has 0 heterocycles. The Labute approximate surface area is 104 Å². The summed E-state index contributed by atoms with van der Waals surface area (Å²) in [7, 11) is 6.11. The van der Waals surface area contributed by atoms with Crippen LogP contribution in [0.15, 0.2) is 11.0 Å². The lowest BCUT2D eigenvalue weighted by Gasteiger charge is -2.42. The normalized spacial score (nSPS) is 16.1. The first-order valence-electron chi connectivity index (χ1n) is 6.25. The Hall–Kier alpha value is -0.195. The number of hydrogen-bond donors (Lipinski definition) is 0. The van der Waals surface area contributed by atoms with E-state index in [0.29, 0.717) is 5.41 Å². The Morgan fingerprint density at radius 1 is 0.875 bits per heavy atom. The minimum absolute atomic E-state index is 0.146. The minimum Gasteiger partial charge on any atom is -0.120 e. The van der Waals surface area contributed by atoms with Gasteiger partial charge in [-0.2, -0.15) is 0 Å². The molecule has 0 fully saturated rings. The molecule has 0 saturated carbocycles. The Kier molecular flexibility index (Phi) is 4.53. The summed E-state index contributed by atoms with van der Waals surface area (Å²) in [5, 5.41) is 0. The molecule has 0 aromatic carbocycles. The molecule has 0 bridgehead atoms. The largest absolute Gasteiger partial charge is 0.120 e. The molecule has 92 valence electrons. The molecular weight excluding hydrogens is 191 g/mol. The Balaban J connectivity index is 5.34. The molecule has 0 atom stereocenters. The van der Waals surface area contributed by atoms with Gasteiger partial charge in [-0.25, -0.2) is 0 Å². The predicted octanol–water partition coefficient (Wildman–Crippen LogP) is 4.94. The molecule has 0 aliphatic heterocycles. The van der Waals surface area contributed by atoms with E-state index in [0.717, 1.165) is 11.9 Å². The Morgan fingerprint density at radius 3 is 1.44 bits per heavy atom. The van der Waals surface area contributed by atoms with Gasteiger partial charge in [-0.3, -0.25) is 0 Å². The fourth-order valence-corrected chi connectivity index (χ4v) is 3.55. The Morgan fingerprint density at radius 2 is 1.25 bits per heavy atom. The van der Waals surface area contributed by atoms with Crippen molar-refractivity contribution in [1.29, 1.82) is 0 Å². The van der Waals surface area contributed by atoms with Crippen molar-refractivity contribution >= 4 is 7.85 Å². The second-order valence-electron chi connectivity index (χ2n) is 7.93. The number of allylic oxidation sites excluding steroid dienone is 2. The second kappa shape index (κ2) is 4.59. The van der Waals surface area contributed by atoms with Crippen LogP contribution in [0.25, 0.3) is 0 Å². The predicted molar refractivity (Wildman–Crippen MR) is 75.8 cm³/mol. The molecule has 0 spiro atoms. The maximum Gasteiger partial charge on any atom is 0.107 e. The van der Waals surface area contributed by atoms with Gasteiger partial charge in [0.25, 0.3) is 0 Å². The van der Waals surface area contributed by atoms with E-state index in [9.17, 15) is 0 Å². The van der Waals surface area contributed by atoms with Crippen LogP contribution in [-0.2, 0) is 0 Å². The summed E-state index contributed by atoms with van der Waals surface area (Å²) >= 11 is 0. The first-order valence-corrected chi connectivity index (χ1v) is 6.25. The summed E-state index contributed by atoms with van der Waals surface area (Å²) in [5.41, 5.74) is 3.02. The molecule has 0 aromatic heterocycles. The topological polar surface area (TPSA) is 0 Å². The second-order valence-corrected chi connectivity index (χ2v) is 7.93. The van der Waals surface area contributed by atoms with Gasteiger partial charge in [0.05, 0.1) is 0 Å². The third-order valence-electron chi connectivity index (χ3n) is 2.79. The molecular formula is C15H29B. The molecule has 0 unspecified atom stereocenters. The van der Waals surface area contributed by atoms with Crippen LogP contribution in [0.4, 0.5) is 0 Å². The monoisotopic (exact) mass is 220 g/mol. The molecule has 0 aromatic rings. The highest BCUT2D eigenvalue weighted by Crippen LogP contribution is 2.47. The van der Waals surface area contributed by atoms with Crippen LogP contribution < -0.4 is 0 Å². The first-order chi connectivity index (χ1) is 6.77. The zero-order valence-electron chi connectivity index (χ0n) is 12.8. The SMILES string of the molecule is [B]/C(C)=C(/C(C)(C)C)C(C)(C)CC(C)(C)C. The van der Waals surface area contributed by atoms with Gasteiger partial charge in [0.1, 0.15) is 7.85 Å². The highest BCUT2D eigenvalue weighted by molar-refractivity contribution is 6.21. The summed E-state index contributed by atoms with van der Waals surface area (Å²) in [4.78, 5) is 0. The van der Waals surface area contributed by atoms with Crippen LogP contribution in [0, 0.1) is 16.2 Å². The molecule has 0 N–H and O–H groups in total. The van der Waals surface area contributed by atoms with E-state index in [1.54, 1.807) is 0 Å². The molecule has 0 nitrogen and oxygen atoms in total. The molecule has 1 heteroatoms. The van der Waals surface area contributed by atoms with E-state index in [1.165, 1.54) is 5.57 Å². The molecule has 0 saturated heterocycles. The molecule has 0 aliphatic carbocycles. The number of rotatable bonds is 2. The minimum atomic E-state index is 0.146. The lowest BCUT2D eigenvalue weighted by atomic mass is 9.61. The third-order valence-corrected chi connectivity index (χ3v) is 2.79. The van der Waals surface area contributed by atoms with Crippen LogP contribution >= 0.6 is 0 Å². The standard InChI is InChI=1S/C15H29B/c1-11(16)12(14(5,6)7)15(8,9)10-13(2,3)4/h10H2,1-9H3/b12-11-. The van der Waals surface area contributed by atoms with Gasteiger partial charge < -0.3 is 0 Å². The van der Waals surface area contributed by atoms with Gasteiger partial charge in [-0.1, -0.05) is 67.9 Å². The summed E-state index contributed by atoms with van der Waals surface area (Å²) in [6.07, 6.45) is 1.15. The maximum atomic E-state index is 6.11. The quantitative estimate of drug-likeness (QED) is 0.578. The van der Waals surface area contributed by atoms with Crippen molar-refractivity contribution in [2.45, 2.75) is 68.7 Å². The van der Waals surface area contributed by atoms with E-state index >= 15 is 0 Å². The van der Waals surface area contributed by atoms with Gasteiger partial charge in [0.2, 0.25) is 0 Å². The lowest BCUT2D eigenvalue weighted by Crippen LogP contribution is -2.30. The van der Waals surface area contributed by atoms with E-state index < -0.39 is 0 Å². The van der Waals surface area contributed by atoms with Gasteiger partial charge in [-0.05, 0) is 22.7 Å². The molecule has 16 heavy (non-hydrogen) atoms. The highest BCUT2D eigenvalue weighted by atomic mass is 14.4. The fraction of sp³-hybridized carbons (Fsp3) is 0.867. The van der Waals surface area contributed by atoms with Gasteiger partial charge in [-0.15, -0.1) is 5.47 Å². The van der Waals surface area contributed by atoms with Crippen molar-refractivity contribution in [1.82, 2.24) is 0 Å². The van der Waals surface area contributed by atoms with Crippen molar-refractivity contribution in [3.05, 3.63) is 11.0 Å². The van der Waals surface area contributed by atoms with Crippen LogP contribution in [0.1, 0.15) is 68.7 Å². The lowest BCUT2D eigenvalue weighted by molar-refractivity contribution is 0.218. The van der Waals surface area contributed by atoms with E-state index in [2.05, 4.69) is 55.4 Å². The zero-order valence-corrected chi connectivity index (χ0v) is 12.8. The van der Waals surface area contributed by atoms with Crippen LogP contribution in [-0.4, -0.2) is 7.85 Å². The van der Waals surface area contributed by atoms with Crippen molar-refractivity contribution in [3.8, 4) is 0 Å². The van der Waals surface area contributed by atoms with Gasteiger partial charge in [0, 0.05) is 0 Å². The van der Waals surface area contributed by atoms with Crippen molar-refractivity contribution in [2.24, 2.45) is 16.2 Å². The average Bonchev–Trinajstić information content (AvgIpc) is 1.70. The van der Waals surface area contributed by atoms with E-state index in [4.69, 9.17) is 7.85 Å². The van der Waals surface area contributed by atoms with Crippen LogP contribution in [0.2, 0.25) is 0 Å². The first kappa shape index (κ1) is 15.8. The summed E-state index contributed by atoms with van der Waals surface area (Å²) < 4.78 is 0. The summed E-state index contributed by atoms with van der Waals surface area (Å²) in [6.45, 7) is 20.3. The smallest absolute Gasteiger partial charge is 0.107 e. The average molecular weight is 220 g/mol. The van der Waals surface area contributed by atoms with E-state index in [1.807, 2.05) is 6.92 Å². The molecule has 0 aliphatic rings. The summed E-state index contributed by atoms with van der Waals surface area (Å²) in [5.74, 6) is 0. The van der Waals surface area contributed by atoms with Crippen molar-refractivity contribution in [3.63, 3.8) is 0 Å². The number of hydrogen-bond acceptors (Lipinski definition) is 0. The maximum absolute atomic E-state index is 6.11.